The third-order valence-corrected chi connectivity index (χ3v) is 22.6. The van der Waals surface area contributed by atoms with Crippen molar-refractivity contribution in [1.82, 2.24) is 0 Å². The second-order valence-corrected chi connectivity index (χ2v) is 30.4. The Morgan fingerprint density at radius 2 is 0.308 bits per heavy atom. The molecule has 6 aromatic carbocycles. The summed E-state index contributed by atoms with van der Waals surface area (Å²) in [7, 11) is 18.7. The molecule has 0 spiro atoms. The molecular weight excluding hydrogens is 1560 g/mol. The van der Waals surface area contributed by atoms with E-state index in [9.17, 15) is 0 Å². The number of methoxy groups -OCH3 is 12. The average molecular weight is 1680 g/mol. The van der Waals surface area contributed by atoms with Crippen LogP contribution in [-0.4, -0.2) is 309 Å². The Kier molecular flexibility index (Phi) is 35.9. The molecule has 22 aliphatic rings. The van der Waals surface area contributed by atoms with Crippen LogP contribution in [0, 0.1) is 0 Å². The molecule has 12 bridgehead atoms. The molecule has 28 rings (SSSR count). The van der Waals surface area contributed by atoms with E-state index in [2.05, 4.69) is 0 Å². The summed E-state index contributed by atoms with van der Waals surface area (Å²) in [4.78, 5) is 0. The van der Waals surface area contributed by atoms with Crippen LogP contribution in [0.2, 0.25) is 0 Å². The molecule has 0 aromatic heterocycles. The first-order chi connectivity index (χ1) is 59.0. The topological polar surface area (TPSA) is 277 Å². The van der Waals surface area contributed by atoms with Crippen molar-refractivity contribution >= 4 is 0 Å². The summed E-state index contributed by atoms with van der Waals surface area (Å²) in [6.07, 6.45) is -33.8. The molecule has 660 valence electrons. The molecule has 30 heteroatoms. The molecular formula is C90H120O30. The van der Waals surface area contributed by atoms with Crippen LogP contribution < -0.4 is 0 Å². The first-order valence-corrected chi connectivity index (χ1v) is 40.9. The first kappa shape index (κ1) is 91.8. The monoisotopic (exact) mass is 1680 g/mol. The summed E-state index contributed by atoms with van der Waals surface area (Å²) < 4.78 is 209. The van der Waals surface area contributed by atoms with Gasteiger partial charge in [-0.25, -0.2) is 0 Å². The normalized spacial score (nSPS) is 35.6. The van der Waals surface area contributed by atoms with Crippen molar-refractivity contribution < 1.29 is 142 Å². The first-order valence-electron chi connectivity index (χ1n) is 40.9. The second kappa shape index (κ2) is 46.9. The quantitative estimate of drug-likeness (QED) is 0.0359. The van der Waals surface area contributed by atoms with E-state index in [1.807, 2.05) is 182 Å². The van der Waals surface area contributed by atoms with Gasteiger partial charge in [0.25, 0.3) is 0 Å². The van der Waals surface area contributed by atoms with Crippen molar-refractivity contribution in [3.8, 4) is 0 Å². The van der Waals surface area contributed by atoms with Crippen LogP contribution in [0.4, 0.5) is 0 Å². The van der Waals surface area contributed by atoms with Crippen molar-refractivity contribution in [2.75, 3.05) is 125 Å². The van der Waals surface area contributed by atoms with E-state index in [0.717, 1.165) is 33.4 Å². The van der Waals surface area contributed by atoms with Crippen molar-refractivity contribution in [3.05, 3.63) is 215 Å². The Morgan fingerprint density at radius 1 is 0.175 bits per heavy atom. The molecule has 0 aliphatic carbocycles. The van der Waals surface area contributed by atoms with E-state index in [-0.39, 0.29) is 79.3 Å². The summed E-state index contributed by atoms with van der Waals surface area (Å²) in [6.45, 7) is -0.0201. The maximum absolute atomic E-state index is 7.51. The van der Waals surface area contributed by atoms with E-state index in [4.69, 9.17) is 142 Å². The Bertz CT molecular complexity index is 3170. The SMILES string of the molecule is COC[C@H]1O[C@H]2O[C@H]3[C@H](OCc4ccccc4)[C@@H](OC)[C@@H](O[C@H]4[C@H](OCc5ccccc5)[C@@H](OC)[C@@H](O[C@H]5[C@H](OCc6ccccc6)[C@@H](OC)[C@@H](O[C@H]6[C@H](OCc7ccccc7)[C@@H](OC)[C@@H](O[C@H]7[C@H](OCc8ccccc8)[C@@H](OC)[C@@H](O[C@H]1[C@H](OCc1ccccc1)[C@H]2OC)O[C@@H]7COC)O[C@@H]6COC)O[C@@H]5COC)O[C@@H]4COC)O[C@@H]3COC. The Balaban J connectivity index is 0.975. The standard InChI is InChI=1S/C90H120O30/c1-91-49-61-67-73(103-43-55-31-19-13-20-32-55)79(97-7)85(109-61)116-68-62(50-92-2)111-87(81(99-9)74(68)104-44-56-33-21-14-22-34-56)118-70-64(52-94-4)113-89(83(101-11)76(70)106-46-58-37-25-16-26-38-58)120-72-66(54-96-6)114-90(84(102-12)78(72)108-48-60-41-29-18-30-42-60)119-71-65(53-95-5)112-88(82(100-10)77(71)107-47-59-39-27-17-28-40-59)117-69-63(51-93-3)110-86(115-67)80(98-8)75(69)105-45-57-35-23-15-24-36-57/h13-42,61-90H,43-54H2,1-12H3/t61-,62-,63-,64-,65-,66-,67-,68-,69-,70-,71-,72-,73+,74+,75+,76+,77+,78+,79-,80-,81-,82-,83-,84-,85-,86-,87-,88-,89-,90+/m1/s1. The van der Waals surface area contributed by atoms with Gasteiger partial charge < -0.3 is 142 Å². The van der Waals surface area contributed by atoms with E-state index in [1.165, 1.54) is 0 Å². The van der Waals surface area contributed by atoms with Crippen LogP contribution in [0.3, 0.4) is 0 Å². The van der Waals surface area contributed by atoms with Crippen LogP contribution >= 0.6 is 0 Å². The van der Waals surface area contributed by atoms with Gasteiger partial charge in [-0.15, -0.1) is 0 Å². The van der Waals surface area contributed by atoms with Crippen LogP contribution in [0.1, 0.15) is 33.4 Å². The van der Waals surface area contributed by atoms with Gasteiger partial charge in [0.05, 0.1) is 79.3 Å². The maximum atomic E-state index is 7.51. The van der Waals surface area contributed by atoms with Crippen molar-refractivity contribution in [2.45, 2.75) is 224 Å². The van der Waals surface area contributed by atoms with Gasteiger partial charge in [-0.1, -0.05) is 182 Å². The molecule has 0 radical (unpaired) electrons. The van der Waals surface area contributed by atoms with Gasteiger partial charge in [-0.2, -0.15) is 0 Å². The number of rotatable bonds is 36. The van der Waals surface area contributed by atoms with Crippen LogP contribution in [0.15, 0.2) is 182 Å². The highest BCUT2D eigenvalue weighted by atomic mass is 16.8. The van der Waals surface area contributed by atoms with Gasteiger partial charge in [0.15, 0.2) is 37.7 Å². The number of benzene rings is 6. The summed E-state index contributed by atoms with van der Waals surface area (Å²) in [5, 5.41) is 0. The van der Waals surface area contributed by atoms with Crippen LogP contribution in [0.25, 0.3) is 0 Å². The fourth-order valence-corrected chi connectivity index (χ4v) is 16.9. The zero-order valence-corrected chi connectivity index (χ0v) is 70.4. The van der Waals surface area contributed by atoms with Gasteiger partial charge in [0, 0.05) is 85.3 Å². The van der Waals surface area contributed by atoms with Gasteiger partial charge in [0.1, 0.15) is 146 Å². The highest BCUT2D eigenvalue weighted by Gasteiger charge is 2.62. The van der Waals surface area contributed by atoms with Crippen LogP contribution in [0.5, 0.6) is 0 Å². The van der Waals surface area contributed by atoms with Crippen molar-refractivity contribution in [2.24, 2.45) is 0 Å². The highest BCUT2D eigenvalue weighted by molar-refractivity contribution is 5.19. The smallest absolute Gasteiger partial charge is 0.187 e. The zero-order chi connectivity index (χ0) is 83.7. The predicted molar refractivity (Wildman–Crippen MR) is 427 cm³/mol. The summed E-state index contributed by atoms with van der Waals surface area (Å²) in [6, 6.07) is 58.4. The third-order valence-electron chi connectivity index (χ3n) is 22.6. The largest absolute Gasteiger partial charge is 0.382 e. The second-order valence-electron chi connectivity index (χ2n) is 30.4. The minimum absolute atomic E-state index is 0.0729. The molecule has 6 aromatic rings. The Labute approximate surface area is 703 Å². The highest BCUT2D eigenvalue weighted by Crippen LogP contribution is 2.44. The molecule has 22 heterocycles. The van der Waals surface area contributed by atoms with E-state index >= 15 is 0 Å². The van der Waals surface area contributed by atoms with Gasteiger partial charge in [0.2, 0.25) is 0 Å². The maximum Gasteiger partial charge on any atom is 0.187 e. The summed E-state index contributed by atoms with van der Waals surface area (Å²) in [5.74, 6) is 0. The summed E-state index contributed by atoms with van der Waals surface area (Å²) in [5.41, 5.74) is 5.07. The molecule has 22 saturated heterocycles. The molecule has 22 fully saturated rings. The molecule has 0 unspecified atom stereocenters. The fourth-order valence-electron chi connectivity index (χ4n) is 16.9. The lowest BCUT2D eigenvalue weighted by molar-refractivity contribution is -0.413. The summed E-state index contributed by atoms with van der Waals surface area (Å²) >= 11 is 0. The van der Waals surface area contributed by atoms with Gasteiger partial charge in [-0.3, -0.25) is 0 Å². The zero-order valence-electron chi connectivity index (χ0n) is 70.4. The minimum atomic E-state index is -1.32. The average Bonchev–Trinajstić information content (AvgIpc) is 0.759. The molecule has 30 nitrogen and oxygen atoms in total. The Morgan fingerprint density at radius 3 is 0.425 bits per heavy atom. The van der Waals surface area contributed by atoms with Gasteiger partial charge >= 0.3 is 0 Å². The van der Waals surface area contributed by atoms with E-state index < -0.39 is 184 Å². The van der Waals surface area contributed by atoms with E-state index in [0.29, 0.717) is 0 Å². The fraction of sp³-hybridized carbons (Fsp3) is 0.600. The predicted octanol–water partition coefficient (Wildman–Crippen LogP) is 8.14. The molecule has 0 saturated carbocycles. The minimum Gasteiger partial charge on any atom is -0.382 e. The number of ether oxygens (including phenoxy) is 30. The lowest BCUT2D eigenvalue weighted by Crippen LogP contribution is -2.70. The third kappa shape index (κ3) is 22.9. The molecule has 22 aliphatic heterocycles. The van der Waals surface area contributed by atoms with Gasteiger partial charge in [-0.05, 0) is 33.4 Å². The molecule has 0 N–H and O–H groups in total. The number of hydrogen-bond donors (Lipinski definition) is 0. The van der Waals surface area contributed by atoms with Crippen molar-refractivity contribution in [1.29, 1.82) is 0 Å². The lowest BCUT2D eigenvalue weighted by atomic mass is 9.94. The van der Waals surface area contributed by atoms with E-state index in [1.54, 1.807) is 85.3 Å². The van der Waals surface area contributed by atoms with Crippen molar-refractivity contribution in [3.63, 3.8) is 0 Å². The number of hydrogen-bond acceptors (Lipinski definition) is 30. The lowest BCUT2D eigenvalue weighted by Gasteiger charge is -2.53. The molecule has 30 atom stereocenters. The Hall–Kier alpha value is -5.88. The molecule has 0 amide bonds. The molecule has 120 heavy (non-hydrogen) atoms. The van der Waals surface area contributed by atoms with Crippen LogP contribution in [-0.2, 0) is 182 Å².